The van der Waals surface area contributed by atoms with Crippen molar-refractivity contribution in [1.29, 1.82) is 0 Å². The van der Waals surface area contributed by atoms with Gasteiger partial charge in [0.15, 0.2) is 18.1 Å². The Kier molecular flexibility index (Phi) is 9.22. The Morgan fingerprint density at radius 1 is 1.05 bits per heavy atom. The fourth-order valence-corrected chi connectivity index (χ4v) is 5.03. The van der Waals surface area contributed by atoms with Gasteiger partial charge in [-0.25, -0.2) is 4.39 Å². The van der Waals surface area contributed by atoms with Crippen LogP contribution < -0.4 is 20.1 Å². The van der Waals surface area contributed by atoms with Crippen LogP contribution in [-0.4, -0.2) is 48.1 Å². The summed E-state index contributed by atoms with van der Waals surface area (Å²) in [5.41, 5.74) is 2.15. The summed E-state index contributed by atoms with van der Waals surface area (Å²) in [6, 6.07) is 16.1. The van der Waals surface area contributed by atoms with E-state index in [1.165, 1.54) is 31.4 Å². The quantitative estimate of drug-likeness (QED) is 0.297. The Balaban J connectivity index is 1.42. The van der Waals surface area contributed by atoms with Gasteiger partial charge in [0, 0.05) is 5.69 Å². The smallest absolute Gasteiger partial charge is 0.294 e. The van der Waals surface area contributed by atoms with Gasteiger partial charge in [0.2, 0.25) is 5.91 Å². The molecule has 1 aliphatic rings. The molecular weight excluding hydrogens is 605 g/mol. The third kappa shape index (κ3) is 7.07. The molecule has 0 unspecified atom stereocenters. The standard InChI is InChI=1S/C28H23BrFN3O6S/c1-16-7-9-18(10-8-16)31-25(35)15-39-26-19(29)11-17(12-22(26)38-2)13-23-27(36)33(28(37)40-23)14-24(34)32-21-6-4-3-5-20(21)30/h3-13H,14-15H2,1-2H3,(H,31,35)(H,32,34)/b23-13-. The molecule has 0 bridgehead atoms. The van der Waals surface area contributed by atoms with Crippen LogP contribution in [0.3, 0.4) is 0 Å². The molecule has 4 rings (SSSR count). The molecule has 206 valence electrons. The first-order valence-electron chi connectivity index (χ1n) is 11.8. The number of benzene rings is 3. The van der Waals surface area contributed by atoms with Crippen LogP contribution in [0.4, 0.5) is 20.6 Å². The van der Waals surface area contributed by atoms with Gasteiger partial charge >= 0.3 is 0 Å². The van der Waals surface area contributed by atoms with E-state index >= 15 is 0 Å². The van der Waals surface area contributed by atoms with Crippen LogP contribution in [0.5, 0.6) is 11.5 Å². The summed E-state index contributed by atoms with van der Waals surface area (Å²) in [7, 11) is 1.42. The molecule has 0 aliphatic carbocycles. The summed E-state index contributed by atoms with van der Waals surface area (Å²) in [6.45, 7) is 1.10. The Labute approximate surface area is 241 Å². The van der Waals surface area contributed by atoms with Gasteiger partial charge in [-0.15, -0.1) is 0 Å². The number of ether oxygens (including phenoxy) is 2. The minimum absolute atomic E-state index is 0.0538. The zero-order chi connectivity index (χ0) is 28.8. The van der Waals surface area contributed by atoms with Gasteiger partial charge in [0.05, 0.1) is 22.2 Å². The average Bonchev–Trinajstić information content (AvgIpc) is 3.17. The molecule has 1 aliphatic heterocycles. The maximum atomic E-state index is 13.8. The Hall–Kier alpha value is -4.16. The SMILES string of the molecule is COc1cc(/C=C2\SC(=O)N(CC(=O)Nc3ccccc3F)C2=O)cc(Br)c1OCC(=O)Nc1ccc(C)cc1. The normalized spacial score (nSPS) is 13.9. The lowest BCUT2D eigenvalue weighted by molar-refractivity contribution is -0.127. The second kappa shape index (κ2) is 12.8. The van der Waals surface area contributed by atoms with Crippen molar-refractivity contribution in [2.45, 2.75) is 6.92 Å². The predicted octanol–water partition coefficient (Wildman–Crippen LogP) is 5.60. The van der Waals surface area contributed by atoms with Gasteiger partial charge in [-0.3, -0.25) is 24.1 Å². The van der Waals surface area contributed by atoms with E-state index in [-0.39, 0.29) is 34.6 Å². The van der Waals surface area contributed by atoms with Crippen LogP contribution in [0.15, 0.2) is 70.0 Å². The van der Waals surface area contributed by atoms with E-state index in [0.29, 0.717) is 27.5 Å². The number of rotatable bonds is 9. The fourth-order valence-electron chi connectivity index (χ4n) is 3.62. The number of nitrogens with one attached hydrogen (secondary N) is 2. The molecule has 0 spiro atoms. The summed E-state index contributed by atoms with van der Waals surface area (Å²) < 4.78 is 25.4. The van der Waals surface area contributed by atoms with Crippen LogP contribution in [0, 0.1) is 12.7 Å². The van der Waals surface area contributed by atoms with Gasteiger partial charge in [0.25, 0.3) is 17.1 Å². The summed E-state index contributed by atoms with van der Waals surface area (Å²) >= 11 is 4.08. The van der Waals surface area contributed by atoms with Crippen LogP contribution in [-0.2, 0) is 14.4 Å². The van der Waals surface area contributed by atoms with Gasteiger partial charge in [-0.1, -0.05) is 29.8 Å². The summed E-state index contributed by atoms with van der Waals surface area (Å²) in [5.74, 6) is -1.82. The third-order valence-electron chi connectivity index (χ3n) is 5.56. The van der Waals surface area contributed by atoms with Crippen molar-refractivity contribution < 1.29 is 33.0 Å². The molecule has 1 heterocycles. The van der Waals surface area contributed by atoms with Gasteiger partial charge in [-0.05, 0) is 82.7 Å². The number of halogens is 2. The zero-order valence-electron chi connectivity index (χ0n) is 21.3. The first kappa shape index (κ1) is 28.8. The second-order valence-corrected chi connectivity index (χ2v) is 10.4. The Bertz CT molecular complexity index is 1510. The largest absolute Gasteiger partial charge is 0.493 e. The van der Waals surface area contributed by atoms with E-state index in [9.17, 15) is 23.6 Å². The highest BCUT2D eigenvalue weighted by atomic mass is 79.9. The van der Waals surface area contributed by atoms with E-state index in [2.05, 4.69) is 26.6 Å². The third-order valence-corrected chi connectivity index (χ3v) is 7.05. The van der Waals surface area contributed by atoms with Crippen LogP contribution in [0.2, 0.25) is 0 Å². The number of aryl methyl sites for hydroxylation is 1. The minimum atomic E-state index is -0.717. The van der Waals surface area contributed by atoms with Crippen molar-refractivity contribution in [2.75, 3.05) is 30.9 Å². The number of amides is 4. The fraction of sp³-hybridized carbons (Fsp3) is 0.143. The molecular formula is C28H23BrFN3O6S. The maximum Gasteiger partial charge on any atom is 0.294 e. The first-order valence-corrected chi connectivity index (χ1v) is 13.4. The maximum absolute atomic E-state index is 13.8. The Morgan fingerprint density at radius 3 is 2.48 bits per heavy atom. The minimum Gasteiger partial charge on any atom is -0.493 e. The average molecular weight is 628 g/mol. The number of carbonyl (C=O) groups is 4. The van der Waals surface area contributed by atoms with Crippen molar-refractivity contribution in [1.82, 2.24) is 4.90 Å². The van der Waals surface area contributed by atoms with E-state index < -0.39 is 29.4 Å². The Morgan fingerprint density at radius 2 is 1.77 bits per heavy atom. The molecule has 0 atom stereocenters. The molecule has 0 aromatic heterocycles. The van der Waals surface area contributed by atoms with Crippen molar-refractivity contribution in [3.63, 3.8) is 0 Å². The molecule has 2 N–H and O–H groups in total. The molecule has 4 amide bonds. The molecule has 12 heteroatoms. The summed E-state index contributed by atoms with van der Waals surface area (Å²) in [4.78, 5) is 50.9. The molecule has 3 aromatic carbocycles. The van der Waals surface area contributed by atoms with Crippen molar-refractivity contribution >= 4 is 68.1 Å². The lowest BCUT2D eigenvalue weighted by atomic mass is 10.2. The van der Waals surface area contributed by atoms with Gasteiger partial charge in [0.1, 0.15) is 12.4 Å². The molecule has 9 nitrogen and oxygen atoms in total. The van der Waals surface area contributed by atoms with Crippen LogP contribution >= 0.6 is 27.7 Å². The highest BCUT2D eigenvalue weighted by Gasteiger charge is 2.36. The van der Waals surface area contributed by atoms with E-state index in [0.717, 1.165) is 10.5 Å². The number of hydrogen-bond acceptors (Lipinski definition) is 7. The molecule has 40 heavy (non-hydrogen) atoms. The summed E-state index contributed by atoms with van der Waals surface area (Å²) in [6.07, 6.45) is 1.47. The van der Waals surface area contributed by atoms with E-state index in [4.69, 9.17) is 9.47 Å². The number of imide groups is 1. The number of para-hydroxylation sites is 1. The van der Waals surface area contributed by atoms with Crippen LogP contribution in [0.25, 0.3) is 6.08 Å². The highest BCUT2D eigenvalue weighted by Crippen LogP contribution is 2.39. The zero-order valence-corrected chi connectivity index (χ0v) is 23.7. The molecule has 1 fully saturated rings. The van der Waals surface area contributed by atoms with E-state index in [1.807, 2.05) is 19.1 Å². The molecule has 3 aromatic rings. The van der Waals surface area contributed by atoms with Crippen LogP contribution in [0.1, 0.15) is 11.1 Å². The van der Waals surface area contributed by atoms with Crippen molar-refractivity contribution in [3.8, 4) is 11.5 Å². The number of methoxy groups -OCH3 is 1. The van der Waals surface area contributed by atoms with Crippen molar-refractivity contribution in [2.24, 2.45) is 0 Å². The summed E-state index contributed by atoms with van der Waals surface area (Å²) in [5, 5.41) is 4.46. The molecule has 0 saturated carbocycles. The number of anilines is 2. The lowest BCUT2D eigenvalue weighted by Crippen LogP contribution is -2.36. The molecule has 1 saturated heterocycles. The van der Waals surface area contributed by atoms with Crippen molar-refractivity contribution in [3.05, 3.63) is 87.0 Å². The topological polar surface area (TPSA) is 114 Å². The number of carbonyl (C=O) groups excluding carboxylic acids is 4. The highest BCUT2D eigenvalue weighted by molar-refractivity contribution is 9.10. The number of thioether (sulfide) groups is 1. The van der Waals surface area contributed by atoms with Gasteiger partial charge in [-0.2, -0.15) is 0 Å². The first-order chi connectivity index (χ1) is 19.1. The monoisotopic (exact) mass is 627 g/mol. The second-order valence-electron chi connectivity index (χ2n) is 8.53. The number of nitrogens with zero attached hydrogens (tertiary/aromatic N) is 1. The lowest BCUT2D eigenvalue weighted by Gasteiger charge is -2.14. The van der Waals surface area contributed by atoms with E-state index in [1.54, 1.807) is 30.3 Å². The molecule has 0 radical (unpaired) electrons. The number of hydrogen-bond donors (Lipinski definition) is 2. The predicted molar refractivity (Wildman–Crippen MR) is 154 cm³/mol. The van der Waals surface area contributed by atoms with Gasteiger partial charge < -0.3 is 20.1 Å².